The van der Waals surface area contributed by atoms with Crippen LogP contribution in [0.15, 0.2) is 23.1 Å². The average molecular weight is 238 g/mol. The predicted octanol–water partition coefficient (Wildman–Crippen LogP) is 1.10. The Morgan fingerprint density at radius 3 is 2.62 bits per heavy atom. The topological polar surface area (TPSA) is 71.4 Å². The summed E-state index contributed by atoms with van der Waals surface area (Å²) in [5.41, 5.74) is 0.418. The molecule has 0 atom stereocenters. The number of carboxylic acid groups (broad SMARTS) is 1. The molecule has 1 rings (SSSR count). The van der Waals surface area contributed by atoms with Crippen LogP contribution in [-0.2, 0) is 9.84 Å². The van der Waals surface area contributed by atoms with E-state index >= 15 is 0 Å². The van der Waals surface area contributed by atoms with E-state index in [0.717, 1.165) is 6.07 Å². The van der Waals surface area contributed by atoms with Gasteiger partial charge in [0.05, 0.1) is 10.5 Å². The van der Waals surface area contributed by atoms with Crippen molar-refractivity contribution in [3.8, 4) is 12.3 Å². The van der Waals surface area contributed by atoms with Crippen molar-refractivity contribution in [1.29, 1.82) is 0 Å². The van der Waals surface area contributed by atoms with Gasteiger partial charge in [0, 0.05) is 0 Å². The lowest BCUT2D eigenvalue weighted by Gasteiger charge is -2.06. The largest absolute Gasteiger partial charge is 0.478 e. The summed E-state index contributed by atoms with van der Waals surface area (Å²) in [5.74, 6) is 0.444. The van der Waals surface area contributed by atoms with Crippen LogP contribution < -0.4 is 0 Å². The second kappa shape index (κ2) is 4.37. The van der Waals surface area contributed by atoms with Crippen LogP contribution in [0.3, 0.4) is 0 Å². The van der Waals surface area contributed by atoms with E-state index in [1.54, 1.807) is 6.92 Å². The van der Waals surface area contributed by atoms with Gasteiger partial charge in [-0.2, -0.15) is 0 Å². The van der Waals surface area contributed by atoms with E-state index in [2.05, 4.69) is 0 Å². The predicted molar refractivity (Wildman–Crippen MR) is 59.0 cm³/mol. The number of carboxylic acids is 1. The van der Waals surface area contributed by atoms with E-state index in [-0.39, 0.29) is 10.5 Å². The van der Waals surface area contributed by atoms with Crippen LogP contribution in [0.5, 0.6) is 0 Å². The lowest BCUT2D eigenvalue weighted by molar-refractivity contribution is 0.0696. The first-order valence-electron chi connectivity index (χ1n) is 4.38. The van der Waals surface area contributed by atoms with Crippen molar-refractivity contribution >= 4 is 15.8 Å². The summed E-state index contributed by atoms with van der Waals surface area (Å²) in [5, 5.41) is 8.76. The molecular formula is C11H10O4S. The third-order valence-corrected chi connectivity index (χ3v) is 3.70. The van der Waals surface area contributed by atoms with E-state index in [9.17, 15) is 13.2 Å². The van der Waals surface area contributed by atoms with Gasteiger partial charge in [0.15, 0.2) is 9.84 Å². The standard InChI is InChI=1S/C11H10O4S/c1-3-6-16(14,15)10-7-9(11(12)13)5-4-8(10)2/h1,4-5,7H,6H2,2H3,(H,12,13). The Hall–Kier alpha value is -1.80. The molecule has 0 heterocycles. The zero-order valence-corrected chi connectivity index (χ0v) is 9.41. The quantitative estimate of drug-likeness (QED) is 0.800. The Morgan fingerprint density at radius 2 is 2.12 bits per heavy atom. The average Bonchev–Trinajstić information content (AvgIpc) is 2.17. The highest BCUT2D eigenvalue weighted by Gasteiger charge is 2.17. The maximum absolute atomic E-state index is 11.7. The monoisotopic (exact) mass is 238 g/mol. The molecule has 1 aromatic carbocycles. The van der Waals surface area contributed by atoms with Crippen LogP contribution in [0.25, 0.3) is 0 Å². The lowest BCUT2D eigenvalue weighted by atomic mass is 10.1. The summed E-state index contributed by atoms with van der Waals surface area (Å²) in [4.78, 5) is 10.7. The number of benzene rings is 1. The normalized spacial score (nSPS) is 10.8. The molecule has 0 bridgehead atoms. The number of rotatable bonds is 3. The minimum absolute atomic E-state index is 0.0228. The van der Waals surface area contributed by atoms with Crippen LogP contribution in [-0.4, -0.2) is 25.2 Å². The van der Waals surface area contributed by atoms with Gasteiger partial charge in [-0.05, 0) is 24.6 Å². The summed E-state index contributed by atoms with van der Waals surface area (Å²) < 4.78 is 23.4. The first-order valence-corrected chi connectivity index (χ1v) is 6.04. The van der Waals surface area contributed by atoms with Crippen LogP contribution >= 0.6 is 0 Å². The molecule has 16 heavy (non-hydrogen) atoms. The Morgan fingerprint density at radius 1 is 1.50 bits per heavy atom. The third kappa shape index (κ3) is 2.41. The number of hydrogen-bond acceptors (Lipinski definition) is 3. The molecule has 4 nitrogen and oxygen atoms in total. The number of terminal acetylenes is 1. The molecule has 0 fully saturated rings. The summed E-state index contributed by atoms with van der Waals surface area (Å²) in [6.07, 6.45) is 4.95. The molecule has 84 valence electrons. The Balaban J connectivity index is 3.40. The van der Waals surface area contributed by atoms with Crippen LogP contribution in [0.4, 0.5) is 0 Å². The molecule has 0 spiro atoms. The summed E-state index contributed by atoms with van der Waals surface area (Å²) >= 11 is 0. The van der Waals surface area contributed by atoms with E-state index in [0.29, 0.717) is 5.56 Å². The van der Waals surface area contributed by atoms with Gasteiger partial charge >= 0.3 is 5.97 Å². The third-order valence-electron chi connectivity index (χ3n) is 2.04. The van der Waals surface area contributed by atoms with Gasteiger partial charge in [-0.15, -0.1) is 6.42 Å². The van der Waals surface area contributed by atoms with Gasteiger partial charge in [0.2, 0.25) is 0 Å². The maximum Gasteiger partial charge on any atom is 0.335 e. The van der Waals surface area contributed by atoms with E-state index < -0.39 is 21.6 Å². The molecule has 0 aliphatic carbocycles. The molecular weight excluding hydrogens is 228 g/mol. The van der Waals surface area contributed by atoms with Crippen LogP contribution in [0, 0.1) is 19.3 Å². The van der Waals surface area contributed by atoms with Gasteiger partial charge in [-0.1, -0.05) is 12.0 Å². The van der Waals surface area contributed by atoms with Gasteiger partial charge in [0.1, 0.15) is 5.75 Å². The molecule has 0 unspecified atom stereocenters. The highest BCUT2D eigenvalue weighted by molar-refractivity contribution is 7.91. The molecule has 0 saturated heterocycles. The minimum Gasteiger partial charge on any atom is -0.478 e. The van der Waals surface area contributed by atoms with Gasteiger partial charge in [-0.25, -0.2) is 13.2 Å². The van der Waals surface area contributed by atoms with Crippen molar-refractivity contribution in [2.24, 2.45) is 0 Å². The summed E-state index contributed by atoms with van der Waals surface area (Å²) in [6.45, 7) is 1.59. The zero-order valence-electron chi connectivity index (χ0n) is 8.60. The number of hydrogen-bond donors (Lipinski definition) is 1. The zero-order chi connectivity index (χ0) is 12.3. The highest BCUT2D eigenvalue weighted by Crippen LogP contribution is 2.18. The second-order valence-corrected chi connectivity index (χ2v) is 5.21. The van der Waals surface area contributed by atoms with Gasteiger partial charge in [-0.3, -0.25) is 0 Å². The lowest BCUT2D eigenvalue weighted by Crippen LogP contribution is -2.08. The van der Waals surface area contributed by atoms with Crippen molar-refractivity contribution in [2.45, 2.75) is 11.8 Å². The molecule has 0 aromatic heterocycles. The Labute approximate surface area is 93.8 Å². The van der Waals surface area contributed by atoms with Gasteiger partial charge in [0.25, 0.3) is 0 Å². The Bertz CT molecular complexity index is 564. The minimum atomic E-state index is -3.60. The molecule has 0 aliphatic heterocycles. The summed E-state index contributed by atoms with van der Waals surface area (Å²) in [7, 11) is -3.60. The van der Waals surface area contributed by atoms with Crippen molar-refractivity contribution in [3.63, 3.8) is 0 Å². The van der Waals surface area contributed by atoms with Crippen molar-refractivity contribution in [2.75, 3.05) is 5.75 Å². The van der Waals surface area contributed by atoms with E-state index in [4.69, 9.17) is 11.5 Å². The second-order valence-electron chi connectivity index (χ2n) is 3.25. The molecule has 0 radical (unpaired) electrons. The fraction of sp³-hybridized carbons (Fsp3) is 0.182. The number of carbonyl (C=O) groups is 1. The van der Waals surface area contributed by atoms with Gasteiger partial charge < -0.3 is 5.11 Å². The highest BCUT2D eigenvalue weighted by atomic mass is 32.2. The first-order chi connectivity index (χ1) is 7.38. The molecule has 0 amide bonds. The van der Waals surface area contributed by atoms with E-state index in [1.165, 1.54) is 12.1 Å². The molecule has 0 aliphatic rings. The first kappa shape index (κ1) is 12.3. The van der Waals surface area contributed by atoms with Crippen molar-refractivity contribution < 1.29 is 18.3 Å². The van der Waals surface area contributed by atoms with Crippen molar-refractivity contribution in [3.05, 3.63) is 29.3 Å². The molecule has 1 aromatic rings. The number of aryl methyl sites for hydroxylation is 1. The Kier molecular flexibility index (Phi) is 3.35. The molecule has 1 N–H and O–H groups in total. The summed E-state index contributed by atoms with van der Waals surface area (Å²) in [6, 6.07) is 3.93. The maximum atomic E-state index is 11.7. The molecule has 0 saturated carbocycles. The number of aromatic carboxylic acids is 1. The smallest absolute Gasteiger partial charge is 0.335 e. The SMILES string of the molecule is C#CCS(=O)(=O)c1cc(C(=O)O)ccc1C. The fourth-order valence-corrected chi connectivity index (χ4v) is 2.50. The molecule has 5 heteroatoms. The van der Waals surface area contributed by atoms with Crippen LogP contribution in [0.2, 0.25) is 0 Å². The van der Waals surface area contributed by atoms with Crippen LogP contribution in [0.1, 0.15) is 15.9 Å². The van der Waals surface area contributed by atoms with Crippen molar-refractivity contribution in [1.82, 2.24) is 0 Å². The number of sulfone groups is 1. The fourth-order valence-electron chi connectivity index (χ4n) is 1.26. The van der Waals surface area contributed by atoms with E-state index in [1.807, 2.05) is 5.92 Å².